The van der Waals surface area contributed by atoms with Crippen LogP contribution in [0.15, 0.2) is 54.6 Å². The molecule has 2 atom stereocenters. The molecule has 0 bridgehead atoms. The molecule has 0 aromatic heterocycles. The second-order valence-electron chi connectivity index (χ2n) is 5.86. The van der Waals surface area contributed by atoms with Crippen LogP contribution in [-0.4, -0.2) is 17.2 Å². The van der Waals surface area contributed by atoms with Crippen molar-refractivity contribution < 1.29 is 5.11 Å². The number of aromatic hydroxyl groups is 1. The maximum Gasteiger partial charge on any atom is 0.115 e. The average molecular weight is 283 g/mol. The molecule has 0 amide bonds. The minimum atomic E-state index is 0.335. The Balaban J connectivity index is 1.73. The van der Waals surface area contributed by atoms with E-state index >= 15 is 0 Å². The zero-order chi connectivity index (χ0) is 15.1. The van der Waals surface area contributed by atoms with Gasteiger partial charge in [0.1, 0.15) is 5.75 Å². The van der Waals surface area contributed by atoms with Crippen molar-refractivity contribution in [3.8, 4) is 5.75 Å². The summed E-state index contributed by atoms with van der Waals surface area (Å²) in [5, 5.41) is 12.9. The van der Waals surface area contributed by atoms with Crippen LogP contribution in [0.2, 0.25) is 0 Å². The number of benzene rings is 2. The highest BCUT2D eigenvalue weighted by atomic mass is 16.3. The van der Waals surface area contributed by atoms with Crippen molar-refractivity contribution in [2.75, 3.05) is 0 Å². The third kappa shape index (κ3) is 5.60. The van der Waals surface area contributed by atoms with Gasteiger partial charge in [-0.15, -0.1) is 0 Å². The first-order chi connectivity index (χ1) is 10.1. The van der Waals surface area contributed by atoms with Crippen LogP contribution >= 0.6 is 0 Å². The fraction of sp³-hybridized carbons (Fsp3) is 0.368. The summed E-state index contributed by atoms with van der Waals surface area (Å²) in [5.74, 6) is 0.335. The fourth-order valence-electron chi connectivity index (χ4n) is 2.64. The van der Waals surface area contributed by atoms with E-state index in [2.05, 4.69) is 49.5 Å². The molecule has 0 aliphatic carbocycles. The van der Waals surface area contributed by atoms with Gasteiger partial charge in [-0.3, -0.25) is 0 Å². The molecule has 0 aliphatic heterocycles. The average Bonchev–Trinajstić information content (AvgIpc) is 2.47. The predicted octanol–water partition coefficient (Wildman–Crippen LogP) is 3.93. The zero-order valence-corrected chi connectivity index (χ0v) is 12.9. The number of phenolic OH excluding ortho intramolecular Hbond substituents is 1. The van der Waals surface area contributed by atoms with Gasteiger partial charge in [0.05, 0.1) is 0 Å². The predicted molar refractivity (Wildman–Crippen MR) is 88.6 cm³/mol. The van der Waals surface area contributed by atoms with Gasteiger partial charge < -0.3 is 10.4 Å². The Bertz CT molecular complexity index is 521. The SMILES string of the molecule is CC(CCc1ccc(O)cc1)NC(C)Cc1ccccc1. The van der Waals surface area contributed by atoms with Gasteiger partial charge in [0.25, 0.3) is 0 Å². The quantitative estimate of drug-likeness (QED) is 0.807. The largest absolute Gasteiger partial charge is 0.508 e. The fourth-order valence-corrected chi connectivity index (χ4v) is 2.64. The lowest BCUT2D eigenvalue weighted by Gasteiger charge is -2.20. The number of rotatable bonds is 7. The molecule has 2 rings (SSSR count). The smallest absolute Gasteiger partial charge is 0.115 e. The summed E-state index contributed by atoms with van der Waals surface area (Å²) in [5.41, 5.74) is 2.65. The molecular formula is C19H25NO. The molecule has 21 heavy (non-hydrogen) atoms. The van der Waals surface area contributed by atoms with Crippen molar-refractivity contribution in [3.05, 3.63) is 65.7 Å². The Morgan fingerprint density at radius 1 is 0.857 bits per heavy atom. The molecular weight excluding hydrogens is 258 g/mol. The van der Waals surface area contributed by atoms with Gasteiger partial charge in [0, 0.05) is 12.1 Å². The third-order valence-corrected chi connectivity index (χ3v) is 3.76. The molecule has 2 nitrogen and oxygen atoms in total. The van der Waals surface area contributed by atoms with Crippen LogP contribution in [0.5, 0.6) is 5.75 Å². The van der Waals surface area contributed by atoms with Gasteiger partial charge in [-0.2, -0.15) is 0 Å². The summed E-state index contributed by atoms with van der Waals surface area (Å²) in [6.07, 6.45) is 3.20. The molecule has 0 saturated carbocycles. The molecule has 2 unspecified atom stereocenters. The first-order valence-electron chi connectivity index (χ1n) is 7.71. The number of phenols is 1. The highest BCUT2D eigenvalue weighted by Gasteiger charge is 2.08. The van der Waals surface area contributed by atoms with Gasteiger partial charge in [0.2, 0.25) is 0 Å². The van der Waals surface area contributed by atoms with Crippen LogP contribution in [0, 0.1) is 0 Å². The van der Waals surface area contributed by atoms with Gasteiger partial charge in [0.15, 0.2) is 0 Å². The molecule has 0 spiro atoms. The summed E-state index contributed by atoms with van der Waals surface area (Å²) in [6, 6.07) is 19.1. The van der Waals surface area contributed by atoms with Crippen LogP contribution in [-0.2, 0) is 12.8 Å². The summed E-state index contributed by atoms with van der Waals surface area (Å²) in [4.78, 5) is 0. The lowest BCUT2D eigenvalue weighted by Crippen LogP contribution is -2.36. The van der Waals surface area contributed by atoms with Crippen LogP contribution in [0.1, 0.15) is 31.4 Å². The standard InChI is InChI=1S/C19H25NO/c1-15(8-9-17-10-12-19(21)13-11-17)20-16(2)14-18-6-4-3-5-7-18/h3-7,10-13,15-16,20-21H,8-9,14H2,1-2H3. The number of aryl methyl sites for hydroxylation is 1. The molecule has 0 saturated heterocycles. The molecule has 0 radical (unpaired) electrons. The molecule has 0 fully saturated rings. The van der Waals surface area contributed by atoms with Crippen molar-refractivity contribution >= 4 is 0 Å². The van der Waals surface area contributed by atoms with Crippen molar-refractivity contribution in [3.63, 3.8) is 0 Å². The van der Waals surface area contributed by atoms with Crippen molar-refractivity contribution in [1.82, 2.24) is 5.32 Å². The summed E-state index contributed by atoms with van der Waals surface area (Å²) < 4.78 is 0. The minimum absolute atomic E-state index is 0.335. The van der Waals surface area contributed by atoms with Crippen molar-refractivity contribution in [1.29, 1.82) is 0 Å². The maximum absolute atomic E-state index is 9.28. The third-order valence-electron chi connectivity index (χ3n) is 3.76. The molecule has 0 aliphatic rings. The van der Waals surface area contributed by atoms with E-state index < -0.39 is 0 Å². The van der Waals surface area contributed by atoms with Crippen LogP contribution < -0.4 is 5.32 Å². The van der Waals surface area contributed by atoms with E-state index in [0.29, 0.717) is 17.8 Å². The Morgan fingerprint density at radius 2 is 1.52 bits per heavy atom. The summed E-state index contributed by atoms with van der Waals surface area (Å²) in [7, 11) is 0. The molecule has 2 N–H and O–H groups in total. The van der Waals surface area contributed by atoms with Crippen molar-refractivity contribution in [2.45, 2.75) is 45.2 Å². The highest BCUT2D eigenvalue weighted by Crippen LogP contribution is 2.12. The van der Waals surface area contributed by atoms with E-state index in [1.807, 2.05) is 12.1 Å². The molecule has 2 aromatic carbocycles. The van der Waals surface area contributed by atoms with Crippen LogP contribution in [0.3, 0.4) is 0 Å². The van der Waals surface area contributed by atoms with E-state index in [4.69, 9.17) is 0 Å². The topological polar surface area (TPSA) is 32.3 Å². The molecule has 112 valence electrons. The second-order valence-corrected chi connectivity index (χ2v) is 5.86. The minimum Gasteiger partial charge on any atom is -0.508 e. The Kier molecular flexibility index (Phi) is 5.82. The Labute approximate surface area is 127 Å². The van der Waals surface area contributed by atoms with Crippen LogP contribution in [0.4, 0.5) is 0 Å². The van der Waals surface area contributed by atoms with E-state index in [-0.39, 0.29) is 0 Å². The molecule has 0 heterocycles. The van der Waals surface area contributed by atoms with E-state index in [1.165, 1.54) is 11.1 Å². The number of hydrogen-bond acceptors (Lipinski definition) is 2. The second kappa shape index (κ2) is 7.84. The number of nitrogens with one attached hydrogen (secondary N) is 1. The lowest BCUT2D eigenvalue weighted by atomic mass is 10.0. The summed E-state index contributed by atoms with van der Waals surface area (Å²) in [6.45, 7) is 4.48. The normalized spacial score (nSPS) is 13.8. The van der Waals surface area contributed by atoms with Crippen molar-refractivity contribution in [2.24, 2.45) is 0 Å². The first kappa shape index (κ1) is 15.6. The maximum atomic E-state index is 9.28. The number of hydrogen-bond donors (Lipinski definition) is 2. The summed E-state index contributed by atoms with van der Waals surface area (Å²) >= 11 is 0. The monoisotopic (exact) mass is 283 g/mol. The molecule has 2 heteroatoms. The van der Waals surface area contributed by atoms with E-state index in [9.17, 15) is 5.11 Å². The van der Waals surface area contributed by atoms with Gasteiger partial charge >= 0.3 is 0 Å². The first-order valence-corrected chi connectivity index (χ1v) is 7.71. The lowest BCUT2D eigenvalue weighted by molar-refractivity contribution is 0.444. The van der Waals surface area contributed by atoms with Gasteiger partial charge in [-0.1, -0.05) is 42.5 Å². The van der Waals surface area contributed by atoms with Gasteiger partial charge in [-0.05, 0) is 56.4 Å². The van der Waals surface area contributed by atoms with E-state index in [0.717, 1.165) is 19.3 Å². The Hall–Kier alpha value is -1.80. The zero-order valence-electron chi connectivity index (χ0n) is 12.9. The highest BCUT2D eigenvalue weighted by molar-refractivity contribution is 5.26. The van der Waals surface area contributed by atoms with Crippen LogP contribution in [0.25, 0.3) is 0 Å². The Morgan fingerprint density at radius 3 is 2.19 bits per heavy atom. The molecule has 2 aromatic rings. The van der Waals surface area contributed by atoms with E-state index in [1.54, 1.807) is 12.1 Å². The van der Waals surface area contributed by atoms with Gasteiger partial charge in [-0.25, -0.2) is 0 Å².